The van der Waals surface area contributed by atoms with Gasteiger partial charge in [0, 0.05) is 23.8 Å². The smallest absolute Gasteiger partial charge is 0.681 e. The third-order valence-electron chi connectivity index (χ3n) is 9.00. The minimum absolute atomic E-state index is 0. The SMILES string of the molecule is C=CC(CC(C)C)[N-]C(=C)[C@H](CC1CCCCC1)NC(C)C(CC/C(=C/C=C=CC)C/C=C\C)NC(=C)CCc1ccccc1.[K+]. The number of nitrogens with one attached hydrogen (secondary N) is 2. The molecule has 0 heterocycles. The molecule has 4 atom stereocenters. The van der Waals surface area contributed by atoms with Crippen LogP contribution in [0.2, 0.25) is 0 Å². The van der Waals surface area contributed by atoms with Crippen LogP contribution >= 0.6 is 0 Å². The van der Waals surface area contributed by atoms with Crippen LogP contribution < -0.4 is 62.0 Å². The van der Waals surface area contributed by atoms with Crippen molar-refractivity contribution in [3.8, 4) is 0 Å². The largest absolute Gasteiger partial charge is 1.00 e. The molecule has 4 heteroatoms. The Morgan fingerprint density at radius 3 is 2.39 bits per heavy atom. The number of hydrogen-bond acceptors (Lipinski definition) is 2. The van der Waals surface area contributed by atoms with Crippen LogP contribution in [0.3, 0.4) is 0 Å². The quantitative estimate of drug-likeness (QED) is 0.0574. The van der Waals surface area contributed by atoms with Gasteiger partial charge in [0.25, 0.3) is 0 Å². The summed E-state index contributed by atoms with van der Waals surface area (Å²) in [5.41, 5.74) is 8.05. The zero-order valence-electron chi connectivity index (χ0n) is 30.4. The van der Waals surface area contributed by atoms with Gasteiger partial charge in [0.2, 0.25) is 0 Å². The molecule has 1 saturated carbocycles. The van der Waals surface area contributed by atoms with E-state index >= 15 is 0 Å². The van der Waals surface area contributed by atoms with Gasteiger partial charge < -0.3 is 16.0 Å². The average Bonchev–Trinajstić information content (AvgIpc) is 3.04. The molecule has 2 N–H and O–H groups in total. The molecule has 2 rings (SSSR count). The molecule has 0 saturated heterocycles. The third kappa shape index (κ3) is 18.3. The summed E-state index contributed by atoms with van der Waals surface area (Å²) in [6.07, 6.45) is 26.3. The van der Waals surface area contributed by atoms with Crippen LogP contribution in [-0.2, 0) is 6.42 Å². The molecular weight excluding hydrogens is 586 g/mol. The van der Waals surface area contributed by atoms with Gasteiger partial charge in [0.1, 0.15) is 0 Å². The van der Waals surface area contributed by atoms with Gasteiger partial charge in [0.15, 0.2) is 0 Å². The average molecular weight is 650 g/mol. The fraction of sp³-hybridized carbons (Fsp3) is 0.548. The van der Waals surface area contributed by atoms with Crippen LogP contribution in [0.15, 0.2) is 109 Å². The Hall–Kier alpha value is -1.36. The van der Waals surface area contributed by atoms with E-state index in [4.69, 9.17) is 5.32 Å². The van der Waals surface area contributed by atoms with E-state index in [1.807, 2.05) is 25.2 Å². The predicted octanol–water partition coefficient (Wildman–Crippen LogP) is 8.30. The fourth-order valence-electron chi connectivity index (χ4n) is 6.32. The van der Waals surface area contributed by atoms with E-state index in [0.29, 0.717) is 5.92 Å². The van der Waals surface area contributed by atoms with Gasteiger partial charge in [-0.05, 0) is 88.8 Å². The Balaban J connectivity index is 0.0000106. The predicted molar refractivity (Wildman–Crippen MR) is 199 cm³/mol. The standard InChI is InChI=1S/C42H64N3.K/c1-9-12-16-22-37(21-13-10-2)29-30-41(43-34(6)27-28-38-23-17-14-18-24-38)35(7)45-42(32-39-25-19-15-20-26-39)36(8)44-40(11-3)31-33(4)5;/h9-11,13-14,16-18,22-24,33,35,39-43,45H,3,6,8,15,19-21,25-32H2,1-2,4-5,7H3;/q-1;+1/b13-10-,37-22+;/t12?,35?,40?,41?,42-;/m0./s1. The van der Waals surface area contributed by atoms with E-state index in [9.17, 15) is 0 Å². The minimum Gasteiger partial charge on any atom is -0.681 e. The first-order valence-corrected chi connectivity index (χ1v) is 17.7. The second kappa shape index (κ2) is 25.6. The molecule has 1 aliphatic rings. The topological polar surface area (TPSA) is 38.2 Å². The van der Waals surface area contributed by atoms with Crippen LogP contribution in [0.5, 0.6) is 0 Å². The van der Waals surface area contributed by atoms with E-state index in [1.165, 1.54) is 43.2 Å². The first kappa shape index (κ1) is 42.7. The summed E-state index contributed by atoms with van der Waals surface area (Å²) in [6.45, 7) is 24.1. The second-order valence-electron chi connectivity index (χ2n) is 13.4. The summed E-state index contributed by atoms with van der Waals surface area (Å²) < 4.78 is 0. The zero-order chi connectivity index (χ0) is 32.9. The van der Waals surface area contributed by atoms with Gasteiger partial charge in [-0.2, -0.15) is 5.70 Å². The van der Waals surface area contributed by atoms with E-state index in [1.54, 1.807) is 0 Å². The summed E-state index contributed by atoms with van der Waals surface area (Å²) in [4.78, 5) is 0. The van der Waals surface area contributed by atoms with Gasteiger partial charge in [-0.15, -0.1) is 25.0 Å². The second-order valence-corrected chi connectivity index (χ2v) is 13.4. The number of benzene rings is 1. The van der Waals surface area contributed by atoms with Crippen molar-refractivity contribution in [3.05, 3.63) is 120 Å². The molecular formula is C42H64KN3. The van der Waals surface area contributed by atoms with Crippen molar-refractivity contribution in [2.45, 2.75) is 136 Å². The van der Waals surface area contributed by atoms with E-state index in [2.05, 4.69) is 112 Å². The Bertz CT molecular complexity index is 1120. The normalized spacial score (nSPS) is 16.4. The van der Waals surface area contributed by atoms with Crippen LogP contribution in [0.25, 0.3) is 5.32 Å². The number of allylic oxidation sites excluding steroid dienone is 6. The Kier molecular flexibility index (Phi) is 23.8. The van der Waals surface area contributed by atoms with E-state index < -0.39 is 0 Å². The van der Waals surface area contributed by atoms with Gasteiger partial charge in [-0.3, -0.25) is 0 Å². The molecule has 0 spiro atoms. The molecule has 0 aliphatic heterocycles. The maximum Gasteiger partial charge on any atom is 1.00 e. The van der Waals surface area contributed by atoms with Crippen molar-refractivity contribution < 1.29 is 51.4 Å². The van der Waals surface area contributed by atoms with Crippen molar-refractivity contribution in [1.29, 1.82) is 0 Å². The van der Waals surface area contributed by atoms with Gasteiger partial charge >= 0.3 is 51.4 Å². The third-order valence-corrected chi connectivity index (χ3v) is 9.00. The Morgan fingerprint density at radius 1 is 1.04 bits per heavy atom. The van der Waals surface area contributed by atoms with Crippen LogP contribution in [-0.4, -0.2) is 24.2 Å². The van der Waals surface area contributed by atoms with Crippen LogP contribution in [0.1, 0.15) is 111 Å². The Morgan fingerprint density at radius 2 is 1.76 bits per heavy atom. The number of aryl methyl sites for hydroxylation is 1. The van der Waals surface area contributed by atoms with Crippen molar-refractivity contribution in [3.63, 3.8) is 0 Å². The summed E-state index contributed by atoms with van der Waals surface area (Å²) in [5, 5.41) is 13.1. The molecule has 3 nitrogen and oxygen atoms in total. The molecule has 1 aromatic carbocycles. The summed E-state index contributed by atoms with van der Waals surface area (Å²) in [5.74, 6) is 1.29. The van der Waals surface area contributed by atoms with Crippen LogP contribution in [0.4, 0.5) is 0 Å². The fourth-order valence-corrected chi connectivity index (χ4v) is 6.32. The van der Waals surface area contributed by atoms with Crippen LogP contribution in [0, 0.1) is 11.8 Å². The number of nitrogens with zero attached hydrogens (tertiary/aromatic N) is 1. The molecule has 1 fully saturated rings. The monoisotopic (exact) mass is 649 g/mol. The molecule has 248 valence electrons. The van der Waals surface area contributed by atoms with Crippen molar-refractivity contribution in [2.75, 3.05) is 0 Å². The molecule has 0 bridgehead atoms. The number of hydrogen-bond donors (Lipinski definition) is 2. The van der Waals surface area contributed by atoms with E-state index in [-0.39, 0.29) is 75.6 Å². The summed E-state index contributed by atoms with van der Waals surface area (Å²) in [7, 11) is 0. The van der Waals surface area contributed by atoms with Gasteiger partial charge in [-0.25, -0.2) is 0 Å². The summed E-state index contributed by atoms with van der Waals surface area (Å²) in [6, 6.07) is 11.4. The molecule has 0 radical (unpaired) electrons. The first-order valence-electron chi connectivity index (χ1n) is 17.7. The summed E-state index contributed by atoms with van der Waals surface area (Å²) >= 11 is 0. The van der Waals surface area contributed by atoms with E-state index in [0.717, 1.165) is 62.3 Å². The number of rotatable bonds is 22. The maximum atomic E-state index is 5.14. The maximum absolute atomic E-state index is 5.14. The van der Waals surface area contributed by atoms with Crippen molar-refractivity contribution in [2.24, 2.45) is 11.8 Å². The van der Waals surface area contributed by atoms with Gasteiger partial charge in [-0.1, -0.05) is 119 Å². The molecule has 0 aromatic heterocycles. The first-order chi connectivity index (χ1) is 21.7. The zero-order valence-corrected chi connectivity index (χ0v) is 33.5. The van der Waals surface area contributed by atoms with Crippen molar-refractivity contribution in [1.82, 2.24) is 10.6 Å². The molecule has 1 aliphatic carbocycles. The molecule has 46 heavy (non-hydrogen) atoms. The van der Waals surface area contributed by atoms with Gasteiger partial charge in [0.05, 0.1) is 0 Å². The molecule has 0 amide bonds. The van der Waals surface area contributed by atoms with Crippen molar-refractivity contribution >= 4 is 0 Å². The molecule has 3 unspecified atom stereocenters. The minimum atomic E-state index is 0. The Labute approximate surface area is 326 Å². The molecule has 1 aromatic rings.